The zero-order valence-electron chi connectivity index (χ0n) is 17.2. The van der Waals surface area contributed by atoms with E-state index in [-0.39, 0.29) is 5.69 Å². The number of piperidine rings is 1. The van der Waals surface area contributed by atoms with Crippen molar-refractivity contribution >= 4 is 23.7 Å². The molecule has 2 aromatic heterocycles. The van der Waals surface area contributed by atoms with Gasteiger partial charge in [0, 0.05) is 37.0 Å². The number of aromatic nitrogens is 2. The summed E-state index contributed by atoms with van der Waals surface area (Å²) in [4.78, 5) is 22.6. The van der Waals surface area contributed by atoms with Gasteiger partial charge in [0.15, 0.2) is 0 Å². The minimum Gasteiger partial charge on any atom is -0.477 e. The lowest BCUT2D eigenvalue weighted by molar-refractivity contribution is 0.0690. The molecule has 154 valence electrons. The monoisotopic (exact) mass is 409 g/mol. The third-order valence-electron chi connectivity index (χ3n) is 5.97. The molecule has 0 radical (unpaired) electrons. The topological polar surface area (TPSA) is 66.3 Å². The average Bonchev–Trinajstić information content (AvgIpc) is 2.97. The van der Waals surface area contributed by atoms with Gasteiger partial charge in [0.1, 0.15) is 5.69 Å². The Labute approximate surface area is 181 Å². The van der Waals surface area contributed by atoms with Gasteiger partial charge < -0.3 is 5.11 Å². The van der Waals surface area contributed by atoms with Crippen LogP contribution in [0.1, 0.15) is 51.4 Å². The molecule has 31 heavy (non-hydrogen) atoms. The van der Waals surface area contributed by atoms with E-state index in [1.807, 2.05) is 18.3 Å². The summed E-state index contributed by atoms with van der Waals surface area (Å²) in [6.45, 7) is 2.49. The zero-order chi connectivity index (χ0) is 21.2. The Morgan fingerprint density at radius 3 is 2.55 bits per heavy atom. The van der Waals surface area contributed by atoms with Crippen molar-refractivity contribution in [3.63, 3.8) is 0 Å². The molecule has 1 aliphatic carbocycles. The number of aromatic carboxylic acids is 1. The van der Waals surface area contributed by atoms with Crippen LogP contribution in [0.25, 0.3) is 17.7 Å². The Morgan fingerprint density at radius 2 is 1.71 bits per heavy atom. The summed E-state index contributed by atoms with van der Waals surface area (Å²) in [6.07, 6.45) is 8.12. The van der Waals surface area contributed by atoms with Crippen LogP contribution in [0.4, 0.5) is 0 Å². The number of hydrogen-bond acceptors (Lipinski definition) is 4. The number of carboxylic acid groups (broad SMARTS) is 1. The third-order valence-corrected chi connectivity index (χ3v) is 5.97. The van der Waals surface area contributed by atoms with Crippen LogP contribution in [-0.2, 0) is 6.54 Å². The van der Waals surface area contributed by atoms with Crippen molar-refractivity contribution in [2.75, 3.05) is 13.1 Å². The number of rotatable bonds is 3. The molecule has 3 heterocycles. The average molecular weight is 409 g/mol. The van der Waals surface area contributed by atoms with Gasteiger partial charge in [0.05, 0.1) is 11.4 Å². The fourth-order valence-electron chi connectivity index (χ4n) is 4.44. The van der Waals surface area contributed by atoms with Gasteiger partial charge in [0.2, 0.25) is 0 Å². The lowest BCUT2D eigenvalue weighted by atomic mass is 9.88. The second kappa shape index (κ2) is 8.28. The van der Waals surface area contributed by atoms with Crippen molar-refractivity contribution in [1.29, 1.82) is 0 Å². The van der Waals surface area contributed by atoms with E-state index >= 15 is 0 Å². The number of carbonyl (C=O) groups is 1. The molecule has 0 saturated carbocycles. The minimum absolute atomic E-state index is 0.0996. The fourth-order valence-corrected chi connectivity index (χ4v) is 4.44. The summed E-state index contributed by atoms with van der Waals surface area (Å²) in [5.74, 6) is -0.987. The van der Waals surface area contributed by atoms with Crippen molar-refractivity contribution < 1.29 is 9.90 Å². The molecule has 1 fully saturated rings. The van der Waals surface area contributed by atoms with Gasteiger partial charge in [-0.3, -0.25) is 9.88 Å². The molecule has 0 amide bonds. The standard InChI is InChI=1S/C26H23N3O2/c30-26(31)23-9-3-7-21(28-23)17-29-15-12-19(13-16-29)24-22-8-2-1-5-18(22)10-11-20-6-4-14-27-25(20)24/h1-11,14H,12-13,15-17H2,(H,30,31). The van der Waals surface area contributed by atoms with Crippen molar-refractivity contribution in [1.82, 2.24) is 14.9 Å². The van der Waals surface area contributed by atoms with Crippen LogP contribution in [0, 0.1) is 0 Å². The molecule has 1 aliphatic heterocycles. The van der Waals surface area contributed by atoms with E-state index in [2.05, 4.69) is 52.4 Å². The van der Waals surface area contributed by atoms with Crippen molar-refractivity contribution in [3.05, 3.63) is 100 Å². The first-order chi connectivity index (χ1) is 15.2. The summed E-state index contributed by atoms with van der Waals surface area (Å²) in [5, 5.41) is 9.18. The SMILES string of the molecule is O=C(O)c1cccc(CN2CCC(=C3c4ccccc4C=Cc4cccnc43)CC2)n1. The largest absolute Gasteiger partial charge is 0.477 e. The van der Waals surface area contributed by atoms with Crippen LogP contribution in [-0.4, -0.2) is 39.0 Å². The Morgan fingerprint density at radius 1 is 0.935 bits per heavy atom. The molecule has 1 N–H and O–H groups in total. The molecule has 0 unspecified atom stereocenters. The van der Waals surface area contributed by atoms with E-state index in [9.17, 15) is 9.90 Å². The molecular weight excluding hydrogens is 386 g/mol. The number of nitrogens with zero attached hydrogens (tertiary/aromatic N) is 3. The van der Waals surface area contributed by atoms with E-state index in [4.69, 9.17) is 4.98 Å². The Balaban J connectivity index is 1.43. The van der Waals surface area contributed by atoms with Gasteiger partial charge in [0.25, 0.3) is 0 Å². The normalized spacial score (nSPS) is 15.9. The number of likely N-dealkylation sites (tertiary alicyclic amines) is 1. The van der Waals surface area contributed by atoms with Gasteiger partial charge in [-0.2, -0.15) is 0 Å². The molecule has 5 nitrogen and oxygen atoms in total. The van der Waals surface area contributed by atoms with E-state index < -0.39 is 5.97 Å². The predicted molar refractivity (Wildman–Crippen MR) is 121 cm³/mol. The maximum absolute atomic E-state index is 11.2. The van der Waals surface area contributed by atoms with Gasteiger partial charge in [-0.25, -0.2) is 9.78 Å². The number of benzene rings is 1. The molecular formula is C26H23N3O2. The first-order valence-corrected chi connectivity index (χ1v) is 10.6. The first-order valence-electron chi connectivity index (χ1n) is 10.6. The fraction of sp³-hybridized carbons (Fsp3) is 0.192. The van der Waals surface area contributed by atoms with Crippen LogP contribution < -0.4 is 0 Å². The highest BCUT2D eigenvalue weighted by Gasteiger charge is 2.23. The van der Waals surface area contributed by atoms with Crippen LogP contribution in [0.2, 0.25) is 0 Å². The minimum atomic E-state index is -0.987. The second-order valence-corrected chi connectivity index (χ2v) is 7.94. The van der Waals surface area contributed by atoms with E-state index in [0.717, 1.165) is 42.9 Å². The number of fused-ring (bicyclic) bond motifs is 2. The molecule has 2 aliphatic rings. The Kier molecular flexibility index (Phi) is 5.18. The maximum Gasteiger partial charge on any atom is 0.354 e. The van der Waals surface area contributed by atoms with Crippen LogP contribution in [0.15, 0.2) is 66.4 Å². The zero-order valence-corrected chi connectivity index (χ0v) is 17.2. The van der Waals surface area contributed by atoms with Gasteiger partial charge >= 0.3 is 5.97 Å². The van der Waals surface area contributed by atoms with Gasteiger partial charge in [-0.1, -0.05) is 54.1 Å². The summed E-state index contributed by atoms with van der Waals surface area (Å²) in [5.41, 5.74) is 8.27. The van der Waals surface area contributed by atoms with E-state index in [0.29, 0.717) is 6.54 Å². The molecule has 0 atom stereocenters. The maximum atomic E-state index is 11.2. The highest BCUT2D eigenvalue weighted by atomic mass is 16.4. The number of hydrogen-bond donors (Lipinski definition) is 1. The molecule has 5 rings (SSSR count). The summed E-state index contributed by atoms with van der Waals surface area (Å²) < 4.78 is 0. The number of pyridine rings is 2. The van der Waals surface area contributed by atoms with E-state index in [1.165, 1.54) is 28.3 Å². The highest BCUT2D eigenvalue weighted by molar-refractivity contribution is 5.93. The first kappa shape index (κ1) is 19.4. The van der Waals surface area contributed by atoms with Gasteiger partial charge in [-0.05, 0) is 42.2 Å². The summed E-state index contributed by atoms with van der Waals surface area (Å²) >= 11 is 0. The molecule has 0 bridgehead atoms. The van der Waals surface area contributed by atoms with Crippen molar-refractivity contribution in [2.45, 2.75) is 19.4 Å². The molecule has 5 heteroatoms. The Hall–Kier alpha value is -3.57. The number of carboxylic acids is 1. The van der Waals surface area contributed by atoms with Crippen molar-refractivity contribution in [3.8, 4) is 0 Å². The Bertz CT molecular complexity index is 1150. The molecule has 0 spiro atoms. The predicted octanol–water partition coefficient (Wildman–Crippen LogP) is 4.76. The smallest absolute Gasteiger partial charge is 0.354 e. The molecule has 1 aromatic carbocycles. The third kappa shape index (κ3) is 3.92. The van der Waals surface area contributed by atoms with Crippen LogP contribution in [0.3, 0.4) is 0 Å². The molecule has 3 aromatic rings. The van der Waals surface area contributed by atoms with Crippen LogP contribution in [0.5, 0.6) is 0 Å². The van der Waals surface area contributed by atoms with E-state index in [1.54, 1.807) is 6.07 Å². The lowest BCUT2D eigenvalue weighted by Gasteiger charge is -2.30. The quantitative estimate of drug-likeness (QED) is 0.529. The second-order valence-electron chi connectivity index (χ2n) is 7.94. The summed E-state index contributed by atoms with van der Waals surface area (Å²) in [7, 11) is 0. The lowest BCUT2D eigenvalue weighted by Crippen LogP contribution is -2.31. The highest BCUT2D eigenvalue weighted by Crippen LogP contribution is 2.37. The van der Waals surface area contributed by atoms with Gasteiger partial charge in [-0.15, -0.1) is 0 Å². The summed E-state index contributed by atoms with van der Waals surface area (Å²) in [6, 6.07) is 17.8. The van der Waals surface area contributed by atoms with Crippen LogP contribution >= 0.6 is 0 Å². The van der Waals surface area contributed by atoms with Crippen molar-refractivity contribution in [2.24, 2.45) is 0 Å². The molecule has 1 saturated heterocycles.